The fraction of sp³-hybridized carbons (Fsp3) is 0.167. The lowest BCUT2D eigenvalue weighted by molar-refractivity contribution is -0.113. The van der Waals surface area contributed by atoms with Crippen molar-refractivity contribution in [3.8, 4) is 11.5 Å². The molecular formula is C18H18N4O2S. The van der Waals surface area contributed by atoms with E-state index < -0.39 is 0 Å². The van der Waals surface area contributed by atoms with E-state index in [-0.39, 0.29) is 11.7 Å². The number of amides is 1. The van der Waals surface area contributed by atoms with E-state index in [2.05, 4.69) is 15.5 Å². The van der Waals surface area contributed by atoms with Gasteiger partial charge in [0.1, 0.15) is 17.8 Å². The molecule has 2 aromatic carbocycles. The molecule has 128 valence electrons. The quantitative estimate of drug-likeness (QED) is 0.684. The molecular weight excluding hydrogens is 336 g/mol. The minimum Gasteiger partial charge on any atom is -0.457 e. The van der Waals surface area contributed by atoms with Crippen LogP contribution in [-0.2, 0) is 11.8 Å². The van der Waals surface area contributed by atoms with Crippen molar-refractivity contribution in [3.05, 3.63) is 60.4 Å². The molecule has 0 saturated carbocycles. The normalized spacial score (nSPS) is 10.5. The summed E-state index contributed by atoms with van der Waals surface area (Å²) in [6.07, 6.45) is 1.60. The van der Waals surface area contributed by atoms with Crippen LogP contribution in [0.2, 0.25) is 0 Å². The Morgan fingerprint density at radius 3 is 2.36 bits per heavy atom. The van der Waals surface area contributed by atoms with E-state index in [1.807, 2.05) is 62.5 Å². The van der Waals surface area contributed by atoms with Gasteiger partial charge in [-0.05, 0) is 43.3 Å². The summed E-state index contributed by atoms with van der Waals surface area (Å²) in [5, 5.41) is 11.3. The number of nitrogens with one attached hydrogen (secondary N) is 1. The maximum absolute atomic E-state index is 12.0. The summed E-state index contributed by atoms with van der Waals surface area (Å²) in [6.45, 7) is 2.03. The Hall–Kier alpha value is -2.80. The fourth-order valence-corrected chi connectivity index (χ4v) is 2.77. The largest absolute Gasteiger partial charge is 0.457 e. The molecule has 0 radical (unpaired) electrons. The van der Waals surface area contributed by atoms with Crippen molar-refractivity contribution >= 4 is 23.4 Å². The highest BCUT2D eigenvalue weighted by molar-refractivity contribution is 7.99. The van der Waals surface area contributed by atoms with Crippen LogP contribution >= 0.6 is 11.8 Å². The van der Waals surface area contributed by atoms with Gasteiger partial charge in [-0.25, -0.2) is 0 Å². The van der Waals surface area contributed by atoms with Crippen LogP contribution in [0.4, 0.5) is 5.69 Å². The second kappa shape index (κ2) is 7.85. The van der Waals surface area contributed by atoms with Gasteiger partial charge in [0.2, 0.25) is 5.91 Å². The first-order valence-corrected chi connectivity index (χ1v) is 8.70. The zero-order chi connectivity index (χ0) is 17.6. The molecule has 3 aromatic rings. The number of anilines is 1. The summed E-state index contributed by atoms with van der Waals surface area (Å²) in [5.74, 6) is 1.67. The molecule has 0 bridgehead atoms. The number of thioether (sulfide) groups is 1. The van der Waals surface area contributed by atoms with Gasteiger partial charge in [-0.2, -0.15) is 0 Å². The first kappa shape index (κ1) is 17.0. The zero-order valence-electron chi connectivity index (χ0n) is 14.0. The van der Waals surface area contributed by atoms with E-state index >= 15 is 0 Å². The Bertz CT molecular complexity index is 844. The molecule has 0 aliphatic rings. The second-order valence-electron chi connectivity index (χ2n) is 5.50. The second-order valence-corrected chi connectivity index (χ2v) is 6.44. The van der Waals surface area contributed by atoms with E-state index in [1.54, 1.807) is 10.9 Å². The Kier molecular flexibility index (Phi) is 5.35. The van der Waals surface area contributed by atoms with Crippen LogP contribution in [0.1, 0.15) is 5.56 Å². The van der Waals surface area contributed by atoms with Gasteiger partial charge in [-0.3, -0.25) is 4.79 Å². The average Bonchev–Trinajstić information content (AvgIpc) is 3.02. The highest BCUT2D eigenvalue weighted by Crippen LogP contribution is 2.23. The highest BCUT2D eigenvalue weighted by atomic mass is 32.2. The minimum absolute atomic E-state index is 0.0970. The number of benzene rings is 2. The first-order valence-electron chi connectivity index (χ1n) is 7.71. The van der Waals surface area contributed by atoms with E-state index in [4.69, 9.17) is 4.74 Å². The number of ether oxygens (including phenoxy) is 1. The molecule has 1 heterocycles. The summed E-state index contributed by atoms with van der Waals surface area (Å²) in [6, 6.07) is 15.1. The molecule has 0 atom stereocenters. The maximum atomic E-state index is 12.0. The lowest BCUT2D eigenvalue weighted by Crippen LogP contribution is -2.14. The van der Waals surface area contributed by atoms with Crippen LogP contribution in [0.15, 0.2) is 60.0 Å². The summed E-state index contributed by atoms with van der Waals surface area (Å²) in [7, 11) is 1.84. The van der Waals surface area contributed by atoms with Crippen molar-refractivity contribution in [2.75, 3.05) is 11.1 Å². The third-order valence-corrected chi connectivity index (χ3v) is 4.43. The summed E-state index contributed by atoms with van der Waals surface area (Å²) < 4.78 is 7.54. The lowest BCUT2D eigenvalue weighted by atomic mass is 10.2. The van der Waals surface area contributed by atoms with Gasteiger partial charge in [0.25, 0.3) is 0 Å². The van der Waals surface area contributed by atoms with E-state index in [9.17, 15) is 4.79 Å². The SMILES string of the molecule is Cc1ccc(Oc2ccc(NC(=O)CSc3nncn3C)cc2)cc1. The van der Waals surface area contributed by atoms with Crippen LogP contribution in [-0.4, -0.2) is 26.4 Å². The van der Waals surface area contributed by atoms with Gasteiger partial charge in [0.05, 0.1) is 5.75 Å². The Labute approximate surface area is 150 Å². The maximum Gasteiger partial charge on any atom is 0.234 e. The molecule has 0 unspecified atom stereocenters. The predicted molar refractivity (Wildman–Crippen MR) is 98.1 cm³/mol. The third kappa shape index (κ3) is 4.84. The number of aromatic nitrogens is 3. The first-order chi connectivity index (χ1) is 12.1. The van der Waals surface area contributed by atoms with E-state index in [1.165, 1.54) is 17.3 Å². The van der Waals surface area contributed by atoms with Crippen molar-refractivity contribution < 1.29 is 9.53 Å². The van der Waals surface area contributed by atoms with Gasteiger partial charge in [-0.1, -0.05) is 29.5 Å². The molecule has 1 aromatic heterocycles. The number of aryl methyl sites for hydroxylation is 2. The van der Waals surface area contributed by atoms with Crippen molar-refractivity contribution in [2.24, 2.45) is 7.05 Å². The van der Waals surface area contributed by atoms with Crippen molar-refractivity contribution in [3.63, 3.8) is 0 Å². The third-order valence-electron chi connectivity index (χ3n) is 3.40. The average molecular weight is 354 g/mol. The topological polar surface area (TPSA) is 69.0 Å². The number of hydrogen-bond donors (Lipinski definition) is 1. The summed E-state index contributed by atoms with van der Waals surface area (Å²) >= 11 is 1.34. The molecule has 0 spiro atoms. The van der Waals surface area contributed by atoms with Crippen LogP contribution in [0.25, 0.3) is 0 Å². The zero-order valence-corrected chi connectivity index (χ0v) is 14.8. The van der Waals surface area contributed by atoms with Crippen LogP contribution in [0.5, 0.6) is 11.5 Å². The number of rotatable bonds is 6. The standard InChI is InChI=1S/C18H18N4O2S/c1-13-3-7-15(8-4-13)24-16-9-5-14(6-10-16)20-17(23)11-25-18-21-19-12-22(18)2/h3-10,12H,11H2,1-2H3,(H,20,23). The van der Waals surface area contributed by atoms with Gasteiger partial charge in [-0.15, -0.1) is 10.2 Å². The van der Waals surface area contributed by atoms with Gasteiger partial charge in [0.15, 0.2) is 5.16 Å². The molecule has 1 N–H and O–H groups in total. The van der Waals surface area contributed by atoms with Gasteiger partial charge >= 0.3 is 0 Å². The minimum atomic E-state index is -0.0970. The monoisotopic (exact) mass is 354 g/mol. The van der Waals surface area contributed by atoms with Crippen molar-refractivity contribution in [1.29, 1.82) is 0 Å². The number of carbonyl (C=O) groups excluding carboxylic acids is 1. The van der Waals surface area contributed by atoms with Crippen molar-refractivity contribution in [1.82, 2.24) is 14.8 Å². The van der Waals surface area contributed by atoms with E-state index in [0.717, 1.165) is 17.2 Å². The molecule has 0 saturated heterocycles. The van der Waals surface area contributed by atoms with Gasteiger partial charge < -0.3 is 14.6 Å². The Morgan fingerprint density at radius 1 is 1.12 bits per heavy atom. The van der Waals surface area contributed by atoms with Gasteiger partial charge in [0, 0.05) is 12.7 Å². The molecule has 0 aliphatic heterocycles. The molecule has 0 aliphatic carbocycles. The Morgan fingerprint density at radius 2 is 1.76 bits per heavy atom. The lowest BCUT2D eigenvalue weighted by Gasteiger charge is -2.08. The molecule has 25 heavy (non-hydrogen) atoms. The van der Waals surface area contributed by atoms with E-state index in [0.29, 0.717) is 5.16 Å². The van der Waals surface area contributed by atoms with Crippen LogP contribution in [0, 0.1) is 6.92 Å². The van der Waals surface area contributed by atoms with Crippen LogP contribution in [0.3, 0.4) is 0 Å². The van der Waals surface area contributed by atoms with Crippen LogP contribution < -0.4 is 10.1 Å². The van der Waals surface area contributed by atoms with Crippen molar-refractivity contribution in [2.45, 2.75) is 12.1 Å². The predicted octanol–water partition coefficient (Wildman–Crippen LogP) is 3.65. The Balaban J connectivity index is 1.52. The fourth-order valence-electron chi connectivity index (χ4n) is 2.08. The highest BCUT2D eigenvalue weighted by Gasteiger charge is 2.07. The molecule has 0 fully saturated rings. The summed E-state index contributed by atoms with van der Waals surface area (Å²) in [4.78, 5) is 12.0. The number of carbonyl (C=O) groups is 1. The molecule has 7 heteroatoms. The number of nitrogens with zero attached hydrogens (tertiary/aromatic N) is 3. The molecule has 3 rings (SSSR count). The smallest absolute Gasteiger partial charge is 0.234 e. The number of hydrogen-bond acceptors (Lipinski definition) is 5. The molecule has 6 nitrogen and oxygen atoms in total. The summed E-state index contributed by atoms with van der Waals surface area (Å²) in [5.41, 5.74) is 1.91. The molecule has 1 amide bonds.